The van der Waals surface area contributed by atoms with Crippen molar-refractivity contribution in [1.82, 2.24) is 0 Å². The Morgan fingerprint density at radius 2 is 2.08 bits per heavy atom. The third-order valence-corrected chi connectivity index (χ3v) is 2.30. The molecule has 2 aliphatic heterocycles. The summed E-state index contributed by atoms with van der Waals surface area (Å²) < 4.78 is 15.5. The first-order valence-electron chi connectivity index (χ1n) is 4.27. The first-order valence-corrected chi connectivity index (χ1v) is 4.27. The third-order valence-electron chi connectivity index (χ3n) is 2.30. The van der Waals surface area contributed by atoms with Crippen molar-refractivity contribution >= 4 is 5.97 Å². The molecule has 0 radical (unpaired) electrons. The Morgan fingerprint density at radius 3 is 2.77 bits per heavy atom. The van der Waals surface area contributed by atoms with Crippen LogP contribution in [0.2, 0.25) is 0 Å². The van der Waals surface area contributed by atoms with Crippen molar-refractivity contribution in [2.24, 2.45) is 0 Å². The molecule has 74 valence electrons. The van der Waals surface area contributed by atoms with Crippen molar-refractivity contribution in [3.05, 3.63) is 0 Å². The molecule has 13 heavy (non-hydrogen) atoms. The van der Waals surface area contributed by atoms with Gasteiger partial charge in [0.05, 0.1) is 13.2 Å². The van der Waals surface area contributed by atoms with Crippen LogP contribution >= 0.6 is 0 Å². The van der Waals surface area contributed by atoms with Crippen LogP contribution in [0.5, 0.6) is 0 Å². The van der Waals surface area contributed by atoms with E-state index in [0.717, 1.165) is 0 Å². The molecule has 5 nitrogen and oxygen atoms in total. The maximum absolute atomic E-state index is 10.7. The minimum absolute atomic E-state index is 0.257. The predicted octanol–water partition coefficient (Wildman–Crippen LogP) is -0.923. The summed E-state index contributed by atoms with van der Waals surface area (Å²) >= 11 is 0. The van der Waals surface area contributed by atoms with E-state index in [0.29, 0.717) is 6.61 Å². The second kappa shape index (κ2) is 3.25. The summed E-state index contributed by atoms with van der Waals surface area (Å²) in [5.74, 6) is -0.348. The Morgan fingerprint density at radius 1 is 1.38 bits per heavy atom. The lowest BCUT2D eigenvalue weighted by Crippen LogP contribution is -2.33. The van der Waals surface area contributed by atoms with Gasteiger partial charge < -0.3 is 19.3 Å². The summed E-state index contributed by atoms with van der Waals surface area (Å²) in [7, 11) is 0. The number of hydrogen-bond donors (Lipinski definition) is 1. The van der Waals surface area contributed by atoms with E-state index in [4.69, 9.17) is 14.2 Å². The maximum Gasteiger partial charge on any atom is 0.303 e. The highest BCUT2D eigenvalue weighted by Crippen LogP contribution is 2.28. The van der Waals surface area contributed by atoms with Crippen LogP contribution < -0.4 is 0 Å². The maximum atomic E-state index is 10.7. The van der Waals surface area contributed by atoms with E-state index in [-0.39, 0.29) is 30.9 Å². The third kappa shape index (κ3) is 1.54. The number of aliphatic hydroxyl groups is 1. The Labute approximate surface area is 75.6 Å². The van der Waals surface area contributed by atoms with Crippen molar-refractivity contribution in [3.8, 4) is 0 Å². The first kappa shape index (κ1) is 8.93. The zero-order chi connectivity index (χ0) is 9.42. The van der Waals surface area contributed by atoms with E-state index in [1.54, 1.807) is 0 Å². The van der Waals surface area contributed by atoms with E-state index < -0.39 is 6.10 Å². The monoisotopic (exact) mass is 188 g/mol. The zero-order valence-electron chi connectivity index (χ0n) is 7.30. The Bertz CT molecular complexity index is 217. The quantitative estimate of drug-likeness (QED) is 0.539. The molecule has 4 unspecified atom stereocenters. The first-order chi connectivity index (χ1) is 6.18. The van der Waals surface area contributed by atoms with E-state index in [1.807, 2.05) is 0 Å². The molecule has 0 saturated carbocycles. The summed E-state index contributed by atoms with van der Waals surface area (Å²) in [5, 5.41) is 9.36. The molecule has 0 aromatic rings. The van der Waals surface area contributed by atoms with Crippen LogP contribution in [0, 0.1) is 0 Å². The van der Waals surface area contributed by atoms with Crippen LogP contribution in [-0.2, 0) is 19.0 Å². The lowest BCUT2D eigenvalue weighted by atomic mass is 10.1. The fourth-order valence-electron chi connectivity index (χ4n) is 1.76. The number of fused-ring (bicyclic) bond motifs is 1. The van der Waals surface area contributed by atoms with E-state index in [2.05, 4.69) is 0 Å². The molecule has 0 aromatic carbocycles. The van der Waals surface area contributed by atoms with Gasteiger partial charge in [-0.1, -0.05) is 0 Å². The number of hydrogen-bond acceptors (Lipinski definition) is 5. The molecule has 2 rings (SSSR count). The summed E-state index contributed by atoms with van der Waals surface area (Å²) in [5.41, 5.74) is 0. The molecular weight excluding hydrogens is 176 g/mol. The highest BCUT2D eigenvalue weighted by atomic mass is 16.6. The Kier molecular flexibility index (Phi) is 2.23. The zero-order valence-corrected chi connectivity index (χ0v) is 7.30. The topological polar surface area (TPSA) is 65.0 Å². The minimum Gasteiger partial charge on any atom is -0.457 e. The smallest absolute Gasteiger partial charge is 0.303 e. The number of ether oxygens (including phenoxy) is 3. The lowest BCUT2D eigenvalue weighted by Gasteiger charge is -2.14. The molecular formula is C8H12O5. The number of carbonyl (C=O) groups excluding carboxylic acids is 1. The molecule has 1 N–H and O–H groups in total. The van der Waals surface area contributed by atoms with Gasteiger partial charge in [0.1, 0.15) is 18.3 Å². The molecule has 0 amide bonds. The summed E-state index contributed by atoms with van der Waals surface area (Å²) in [4.78, 5) is 10.7. The normalized spacial score (nSPS) is 43.2. The fraction of sp³-hybridized carbons (Fsp3) is 0.875. The van der Waals surface area contributed by atoms with E-state index in [1.165, 1.54) is 6.92 Å². The van der Waals surface area contributed by atoms with E-state index >= 15 is 0 Å². The van der Waals surface area contributed by atoms with Crippen molar-refractivity contribution in [2.45, 2.75) is 31.3 Å². The number of rotatable bonds is 1. The highest BCUT2D eigenvalue weighted by Gasteiger charge is 2.48. The van der Waals surface area contributed by atoms with Gasteiger partial charge in [0.2, 0.25) is 0 Å². The van der Waals surface area contributed by atoms with Crippen LogP contribution in [0.4, 0.5) is 0 Å². The summed E-state index contributed by atoms with van der Waals surface area (Å²) in [6.07, 6.45) is -1.58. The number of esters is 1. The standard InChI is InChI=1S/C8H12O5/c1-4(9)13-6-3-12-7-5(10)2-11-8(6)7/h5-8,10H,2-3H2,1H3. The second-order valence-corrected chi connectivity index (χ2v) is 3.31. The average Bonchev–Trinajstić information content (AvgIpc) is 2.56. The fourth-order valence-corrected chi connectivity index (χ4v) is 1.76. The van der Waals surface area contributed by atoms with Gasteiger partial charge in [-0.05, 0) is 0 Å². The molecule has 0 aromatic heterocycles. The van der Waals surface area contributed by atoms with Crippen molar-refractivity contribution in [2.75, 3.05) is 13.2 Å². The van der Waals surface area contributed by atoms with Gasteiger partial charge >= 0.3 is 5.97 Å². The number of carbonyl (C=O) groups is 1. The largest absolute Gasteiger partial charge is 0.457 e. The Balaban J connectivity index is 1.98. The SMILES string of the molecule is CC(=O)OC1COC2C(O)COC12. The molecule has 0 bridgehead atoms. The van der Waals surface area contributed by atoms with Crippen LogP contribution in [0.15, 0.2) is 0 Å². The predicted molar refractivity (Wildman–Crippen MR) is 41.0 cm³/mol. The van der Waals surface area contributed by atoms with Crippen LogP contribution in [0.25, 0.3) is 0 Å². The van der Waals surface area contributed by atoms with Gasteiger partial charge in [0, 0.05) is 6.92 Å². The summed E-state index contributed by atoms with van der Waals surface area (Å²) in [6.45, 7) is 1.91. The summed E-state index contributed by atoms with van der Waals surface area (Å²) in [6, 6.07) is 0. The lowest BCUT2D eigenvalue weighted by molar-refractivity contribution is -0.151. The van der Waals surface area contributed by atoms with E-state index in [9.17, 15) is 9.90 Å². The van der Waals surface area contributed by atoms with Crippen molar-refractivity contribution < 1.29 is 24.1 Å². The molecule has 5 heteroatoms. The molecule has 2 heterocycles. The van der Waals surface area contributed by atoms with Crippen LogP contribution in [0.3, 0.4) is 0 Å². The molecule has 2 fully saturated rings. The van der Waals surface area contributed by atoms with Crippen molar-refractivity contribution in [1.29, 1.82) is 0 Å². The van der Waals surface area contributed by atoms with Gasteiger partial charge in [-0.3, -0.25) is 4.79 Å². The minimum atomic E-state index is -0.592. The molecule has 0 spiro atoms. The van der Waals surface area contributed by atoms with Crippen molar-refractivity contribution in [3.63, 3.8) is 0 Å². The van der Waals surface area contributed by atoms with Crippen LogP contribution in [0.1, 0.15) is 6.92 Å². The average molecular weight is 188 g/mol. The van der Waals surface area contributed by atoms with Gasteiger partial charge in [0.15, 0.2) is 6.10 Å². The van der Waals surface area contributed by atoms with Gasteiger partial charge in [-0.25, -0.2) is 0 Å². The highest BCUT2D eigenvalue weighted by molar-refractivity contribution is 5.66. The van der Waals surface area contributed by atoms with Crippen LogP contribution in [-0.4, -0.2) is 48.7 Å². The second-order valence-electron chi connectivity index (χ2n) is 3.31. The number of aliphatic hydroxyl groups excluding tert-OH is 1. The molecule has 4 atom stereocenters. The molecule has 2 saturated heterocycles. The van der Waals surface area contributed by atoms with Gasteiger partial charge in [-0.15, -0.1) is 0 Å². The van der Waals surface area contributed by atoms with Gasteiger partial charge in [-0.2, -0.15) is 0 Å². The molecule has 2 aliphatic rings. The van der Waals surface area contributed by atoms with Gasteiger partial charge in [0.25, 0.3) is 0 Å². The molecule has 0 aliphatic carbocycles. The Hall–Kier alpha value is -0.650.